The molecule has 10 nitrogen and oxygen atoms in total. The molecule has 5 aliphatic rings. The van der Waals surface area contributed by atoms with Crippen molar-refractivity contribution in [2.75, 3.05) is 31.6 Å². The van der Waals surface area contributed by atoms with E-state index in [1.807, 2.05) is 6.92 Å². The van der Waals surface area contributed by atoms with Crippen LogP contribution < -0.4 is 14.8 Å². The summed E-state index contributed by atoms with van der Waals surface area (Å²) < 4.78 is 56.6. The molecule has 3 saturated heterocycles. The van der Waals surface area contributed by atoms with Crippen LogP contribution in [0, 0.1) is 24.1 Å². The highest BCUT2D eigenvalue weighted by molar-refractivity contribution is 7.89. The Bertz CT molecular complexity index is 1430. The molecule has 2 N–H and O–H groups in total. The predicted molar refractivity (Wildman–Crippen MR) is 130 cm³/mol. The molecule has 2 unspecified atom stereocenters. The van der Waals surface area contributed by atoms with Gasteiger partial charge in [0, 0.05) is 43.5 Å². The third-order valence-corrected chi connectivity index (χ3v) is 9.64. The van der Waals surface area contributed by atoms with E-state index in [1.54, 1.807) is 18.9 Å². The van der Waals surface area contributed by atoms with Crippen molar-refractivity contribution in [2.24, 2.45) is 18.4 Å². The van der Waals surface area contributed by atoms with Crippen LogP contribution in [0.4, 0.5) is 10.1 Å². The van der Waals surface area contributed by atoms with Gasteiger partial charge in [-0.15, -0.1) is 0 Å². The Labute approximate surface area is 214 Å². The number of nitrogens with one attached hydrogen (secondary N) is 2. The number of hydrogen-bond donors (Lipinski definition) is 2. The van der Waals surface area contributed by atoms with Gasteiger partial charge in [0.1, 0.15) is 16.3 Å². The molecule has 2 amide bonds. The van der Waals surface area contributed by atoms with Gasteiger partial charge in [0.2, 0.25) is 10.0 Å². The Kier molecular flexibility index (Phi) is 5.28. The fourth-order valence-electron chi connectivity index (χ4n) is 6.01. The van der Waals surface area contributed by atoms with Crippen LogP contribution in [0.2, 0.25) is 0 Å². The lowest BCUT2D eigenvalue weighted by atomic mass is 9.74. The maximum absolute atomic E-state index is 13.7. The van der Waals surface area contributed by atoms with E-state index in [-0.39, 0.29) is 35.4 Å². The highest BCUT2D eigenvalue weighted by atomic mass is 32.2. The third kappa shape index (κ3) is 3.76. The van der Waals surface area contributed by atoms with Gasteiger partial charge in [0.15, 0.2) is 11.4 Å². The van der Waals surface area contributed by atoms with Crippen molar-refractivity contribution in [1.29, 1.82) is 0 Å². The normalized spacial score (nSPS) is 31.4. The van der Waals surface area contributed by atoms with Crippen LogP contribution in [0.25, 0.3) is 0 Å². The van der Waals surface area contributed by atoms with Crippen molar-refractivity contribution < 1.29 is 31.9 Å². The second-order valence-corrected chi connectivity index (χ2v) is 12.8. The smallest absolute Gasteiger partial charge is 0.276 e. The quantitative estimate of drug-likeness (QED) is 0.622. The lowest BCUT2D eigenvalue weighted by molar-refractivity contribution is -0.154. The number of nitrogens with zero attached hydrogens (tertiary/aromatic N) is 2. The minimum atomic E-state index is -4.08. The average Bonchev–Trinajstić information content (AvgIpc) is 3.56. The number of halogens is 1. The Hall–Kier alpha value is -2.96. The SMILES string of the molecule is Cc1cc(NC(=O)c2c3c(cn2C)S(=O)(=O)NC2CN(C(=O)C45CC(CO4)C5)CC2(C)CO3)ccc1F. The second kappa shape index (κ2) is 8.02. The topological polar surface area (TPSA) is 119 Å². The maximum Gasteiger partial charge on any atom is 0.276 e. The van der Waals surface area contributed by atoms with E-state index in [1.165, 1.54) is 29.0 Å². The van der Waals surface area contributed by atoms with E-state index >= 15 is 0 Å². The van der Waals surface area contributed by atoms with Crippen molar-refractivity contribution in [1.82, 2.24) is 14.2 Å². The lowest BCUT2D eigenvalue weighted by Gasteiger charge is -2.37. The summed E-state index contributed by atoms with van der Waals surface area (Å²) in [7, 11) is -2.52. The number of rotatable bonds is 3. The average molecular weight is 533 g/mol. The standard InChI is InChI=1S/C25H29FN4O6S/c1-14-6-16(4-5-17(14)26)27-22(31)20-21-18(9-29(20)3)37(33,34)28-19-10-30(12-24(19,2)13-35-21)23(32)25-7-15(8-25)11-36-25/h4-6,9,15,19,28H,7-8,10-13H2,1-3H3,(H,27,31). The van der Waals surface area contributed by atoms with E-state index in [0.717, 1.165) is 0 Å². The zero-order valence-corrected chi connectivity index (χ0v) is 21.7. The molecule has 37 heavy (non-hydrogen) atoms. The lowest BCUT2D eigenvalue weighted by Crippen LogP contribution is -2.52. The number of benzene rings is 1. The Morgan fingerprint density at radius 3 is 2.70 bits per heavy atom. The Morgan fingerprint density at radius 1 is 1.27 bits per heavy atom. The van der Waals surface area contributed by atoms with E-state index < -0.39 is 38.8 Å². The minimum Gasteiger partial charge on any atom is -0.489 e. The molecule has 2 bridgehead atoms. The highest BCUT2D eigenvalue weighted by Gasteiger charge is 2.61. The van der Waals surface area contributed by atoms with Gasteiger partial charge < -0.3 is 24.3 Å². The van der Waals surface area contributed by atoms with Gasteiger partial charge in [-0.2, -0.15) is 0 Å². The molecule has 4 fully saturated rings. The number of fused-ring (bicyclic) bond motifs is 3. The largest absolute Gasteiger partial charge is 0.489 e. The summed E-state index contributed by atoms with van der Waals surface area (Å²) >= 11 is 0. The minimum absolute atomic E-state index is 0.0223. The number of aromatic nitrogens is 1. The fraction of sp³-hybridized carbons (Fsp3) is 0.520. The molecule has 1 aliphatic carbocycles. The predicted octanol–water partition coefficient (Wildman–Crippen LogP) is 1.79. The molecular weight excluding hydrogens is 503 g/mol. The first-order valence-electron chi connectivity index (χ1n) is 12.3. The van der Waals surface area contributed by atoms with Crippen LogP contribution in [-0.2, 0) is 26.6 Å². The molecule has 1 aromatic heterocycles. The van der Waals surface area contributed by atoms with E-state index in [0.29, 0.717) is 43.2 Å². The van der Waals surface area contributed by atoms with Crippen LogP contribution >= 0.6 is 0 Å². The number of hydrogen-bond acceptors (Lipinski definition) is 6. The summed E-state index contributed by atoms with van der Waals surface area (Å²) in [5, 5.41) is 2.70. The number of carbonyl (C=O) groups is 2. The summed E-state index contributed by atoms with van der Waals surface area (Å²) in [4.78, 5) is 28.1. The van der Waals surface area contributed by atoms with Crippen molar-refractivity contribution in [2.45, 2.75) is 43.2 Å². The number of ether oxygens (including phenoxy) is 2. The first kappa shape index (κ1) is 24.4. The zero-order chi connectivity index (χ0) is 26.3. The molecule has 0 spiro atoms. The zero-order valence-electron chi connectivity index (χ0n) is 20.8. The molecule has 1 aromatic carbocycles. The first-order valence-corrected chi connectivity index (χ1v) is 13.7. The molecule has 5 heterocycles. The molecule has 0 radical (unpaired) electrons. The molecular formula is C25H29FN4O6S. The van der Waals surface area contributed by atoms with Crippen LogP contribution in [-0.4, -0.2) is 67.6 Å². The molecule has 1 saturated carbocycles. The summed E-state index contributed by atoms with van der Waals surface area (Å²) in [6, 6.07) is 3.61. The summed E-state index contributed by atoms with van der Waals surface area (Å²) in [6.07, 6.45) is 2.76. The number of aryl methyl sites for hydroxylation is 2. The number of sulfonamides is 1. The highest BCUT2D eigenvalue weighted by Crippen LogP contribution is 2.50. The van der Waals surface area contributed by atoms with E-state index in [9.17, 15) is 22.4 Å². The third-order valence-electron chi connectivity index (χ3n) is 8.17. The fourth-order valence-corrected chi connectivity index (χ4v) is 7.57. The Morgan fingerprint density at radius 2 is 2.03 bits per heavy atom. The number of carbonyl (C=O) groups excluding carboxylic acids is 2. The number of likely N-dealkylation sites (tertiary alicyclic amines) is 1. The molecule has 12 heteroatoms. The van der Waals surface area contributed by atoms with Crippen molar-refractivity contribution in [3.8, 4) is 5.75 Å². The van der Waals surface area contributed by atoms with Crippen LogP contribution in [0.15, 0.2) is 29.3 Å². The van der Waals surface area contributed by atoms with Gasteiger partial charge >= 0.3 is 0 Å². The van der Waals surface area contributed by atoms with Gasteiger partial charge in [-0.3, -0.25) is 9.59 Å². The second-order valence-electron chi connectivity index (χ2n) is 11.1. The number of amides is 2. The monoisotopic (exact) mass is 532 g/mol. The van der Waals surface area contributed by atoms with Gasteiger partial charge in [0.05, 0.1) is 13.2 Å². The number of anilines is 1. The Balaban J connectivity index is 1.28. The molecule has 4 aliphatic heterocycles. The van der Waals surface area contributed by atoms with Gasteiger partial charge in [0.25, 0.3) is 11.8 Å². The van der Waals surface area contributed by atoms with Gasteiger partial charge in [-0.05, 0) is 49.4 Å². The maximum atomic E-state index is 13.7. The van der Waals surface area contributed by atoms with Crippen molar-refractivity contribution in [3.05, 3.63) is 41.5 Å². The summed E-state index contributed by atoms with van der Waals surface area (Å²) in [5.74, 6) is -0.717. The molecule has 2 aromatic rings. The molecule has 7 rings (SSSR count). The van der Waals surface area contributed by atoms with Crippen molar-refractivity contribution >= 4 is 27.5 Å². The van der Waals surface area contributed by atoms with Gasteiger partial charge in [-0.25, -0.2) is 17.5 Å². The summed E-state index contributed by atoms with van der Waals surface area (Å²) in [5.41, 5.74) is -0.740. The summed E-state index contributed by atoms with van der Waals surface area (Å²) in [6.45, 7) is 4.65. The van der Waals surface area contributed by atoms with Gasteiger partial charge in [-0.1, -0.05) is 6.92 Å². The molecule has 198 valence electrons. The van der Waals surface area contributed by atoms with Crippen LogP contribution in [0.3, 0.4) is 0 Å². The van der Waals surface area contributed by atoms with Crippen LogP contribution in [0.5, 0.6) is 5.75 Å². The van der Waals surface area contributed by atoms with Crippen molar-refractivity contribution in [3.63, 3.8) is 0 Å². The first-order chi connectivity index (χ1) is 17.4. The van der Waals surface area contributed by atoms with E-state index in [4.69, 9.17) is 9.47 Å². The van der Waals surface area contributed by atoms with E-state index in [2.05, 4.69) is 10.0 Å². The van der Waals surface area contributed by atoms with Crippen LogP contribution in [0.1, 0.15) is 35.8 Å². The molecule has 2 atom stereocenters.